The minimum absolute atomic E-state index is 0.108. The molecule has 42 heavy (non-hydrogen) atoms. The van der Waals surface area contributed by atoms with Gasteiger partial charge in [0.05, 0.1) is 36.0 Å². The zero-order valence-electron chi connectivity index (χ0n) is 25.2. The van der Waals surface area contributed by atoms with E-state index in [2.05, 4.69) is 27.7 Å². The summed E-state index contributed by atoms with van der Waals surface area (Å²) in [6, 6.07) is 21.4. The van der Waals surface area contributed by atoms with Gasteiger partial charge in [0, 0.05) is 35.4 Å². The smallest absolute Gasteiger partial charge is 0.269 e. The fraction of sp³-hybridized carbons (Fsp3) is 0.438. The summed E-state index contributed by atoms with van der Waals surface area (Å²) in [5, 5.41) is 21.9. The summed E-state index contributed by atoms with van der Waals surface area (Å²) < 4.78 is 13.8. The van der Waals surface area contributed by atoms with Gasteiger partial charge in [-0.2, -0.15) is 0 Å². The van der Waals surface area contributed by atoms with Gasteiger partial charge in [0.1, 0.15) is 50.9 Å². The van der Waals surface area contributed by atoms with Crippen LogP contribution in [-0.2, 0) is 13.1 Å². The maximum Gasteiger partial charge on any atom is 0.269 e. The summed E-state index contributed by atoms with van der Waals surface area (Å²) in [5.74, 6) is 1.57. The second-order valence-corrected chi connectivity index (χ2v) is 10.7. The van der Waals surface area contributed by atoms with Gasteiger partial charge in [0.2, 0.25) is 0 Å². The van der Waals surface area contributed by atoms with E-state index < -0.39 is 0 Å². The SMILES string of the molecule is CC[N+](CC)(CCOc1ccc(OCC[N+](CC)(CC)Cc2ccc([N+](=O)[O-])cc2)cc1)Cc1ccc([N+](=O)[O-])cc1. The fourth-order valence-electron chi connectivity index (χ4n) is 5.25. The van der Waals surface area contributed by atoms with Crippen LogP contribution < -0.4 is 9.47 Å². The molecule has 0 aliphatic carbocycles. The highest BCUT2D eigenvalue weighted by atomic mass is 16.6. The normalized spacial score (nSPS) is 11.7. The Morgan fingerprint density at radius 1 is 0.548 bits per heavy atom. The highest BCUT2D eigenvalue weighted by molar-refractivity contribution is 5.33. The lowest BCUT2D eigenvalue weighted by atomic mass is 10.1. The molecule has 0 amide bonds. The van der Waals surface area contributed by atoms with Crippen LogP contribution in [0.3, 0.4) is 0 Å². The van der Waals surface area contributed by atoms with Crippen LogP contribution in [0, 0.1) is 20.2 Å². The molecule has 0 radical (unpaired) electrons. The second kappa shape index (κ2) is 15.3. The quantitative estimate of drug-likeness (QED) is 0.0983. The van der Waals surface area contributed by atoms with Crippen molar-refractivity contribution < 1.29 is 28.3 Å². The van der Waals surface area contributed by atoms with E-state index in [0.717, 1.165) is 84.0 Å². The third kappa shape index (κ3) is 8.99. The van der Waals surface area contributed by atoms with Crippen molar-refractivity contribution in [1.29, 1.82) is 0 Å². The van der Waals surface area contributed by atoms with E-state index in [-0.39, 0.29) is 21.2 Å². The van der Waals surface area contributed by atoms with Gasteiger partial charge in [-0.25, -0.2) is 0 Å². The lowest BCUT2D eigenvalue weighted by Gasteiger charge is -2.37. The first-order chi connectivity index (χ1) is 20.2. The van der Waals surface area contributed by atoms with Crippen molar-refractivity contribution in [3.63, 3.8) is 0 Å². The average molecular weight is 581 g/mol. The molecule has 0 aliphatic rings. The predicted octanol–water partition coefficient (Wildman–Crippen LogP) is 6.37. The Kier molecular flexibility index (Phi) is 11.8. The van der Waals surface area contributed by atoms with Gasteiger partial charge in [-0.1, -0.05) is 0 Å². The molecule has 0 atom stereocenters. The standard InChI is InChI=1S/C32H44N4O6/c1-5-35(6-2,25-27-9-13-29(14-10-27)33(37)38)21-23-41-31-17-19-32(20-18-31)42-24-22-36(7-3,8-4)26-28-11-15-30(16-12-28)34(39)40/h9-20H,5-8,21-26H2,1-4H3/q+2. The highest BCUT2D eigenvalue weighted by Gasteiger charge is 2.25. The largest absolute Gasteiger partial charge is 0.488 e. The van der Waals surface area contributed by atoms with E-state index in [1.54, 1.807) is 24.3 Å². The monoisotopic (exact) mass is 580 g/mol. The first kappa shape index (κ1) is 32.5. The first-order valence-corrected chi connectivity index (χ1v) is 14.7. The van der Waals surface area contributed by atoms with Crippen LogP contribution in [-0.4, -0.2) is 71.3 Å². The van der Waals surface area contributed by atoms with Gasteiger partial charge >= 0.3 is 0 Å². The molecule has 0 unspecified atom stereocenters. The molecule has 0 heterocycles. The Morgan fingerprint density at radius 2 is 0.857 bits per heavy atom. The van der Waals surface area contributed by atoms with Crippen LogP contribution in [0.15, 0.2) is 72.8 Å². The summed E-state index contributed by atoms with van der Waals surface area (Å²) in [7, 11) is 0. The van der Waals surface area contributed by atoms with E-state index in [1.165, 1.54) is 0 Å². The molecule has 0 aliphatic heterocycles. The van der Waals surface area contributed by atoms with Crippen LogP contribution in [0.5, 0.6) is 11.5 Å². The van der Waals surface area contributed by atoms with Crippen molar-refractivity contribution in [3.05, 3.63) is 104 Å². The van der Waals surface area contributed by atoms with Gasteiger partial charge in [0.15, 0.2) is 0 Å². The van der Waals surface area contributed by atoms with Crippen LogP contribution in [0.4, 0.5) is 11.4 Å². The third-order valence-electron chi connectivity index (χ3n) is 8.51. The predicted molar refractivity (Wildman–Crippen MR) is 163 cm³/mol. The van der Waals surface area contributed by atoms with E-state index in [1.807, 2.05) is 48.5 Å². The Morgan fingerprint density at radius 3 is 1.12 bits per heavy atom. The van der Waals surface area contributed by atoms with E-state index in [9.17, 15) is 20.2 Å². The summed E-state index contributed by atoms with van der Waals surface area (Å²) >= 11 is 0. The summed E-state index contributed by atoms with van der Waals surface area (Å²) in [6.45, 7) is 16.7. The van der Waals surface area contributed by atoms with Gasteiger partial charge < -0.3 is 18.4 Å². The van der Waals surface area contributed by atoms with E-state index in [0.29, 0.717) is 13.2 Å². The molecule has 3 aromatic rings. The summed E-state index contributed by atoms with van der Waals surface area (Å²) in [6.07, 6.45) is 0. The minimum Gasteiger partial charge on any atom is -0.488 e. The lowest BCUT2D eigenvalue weighted by molar-refractivity contribution is -0.937. The Balaban J connectivity index is 1.50. The van der Waals surface area contributed by atoms with Crippen LogP contribution >= 0.6 is 0 Å². The number of rotatable bonds is 18. The molecule has 10 nitrogen and oxygen atoms in total. The molecule has 0 aromatic heterocycles. The maximum atomic E-state index is 11.0. The third-order valence-corrected chi connectivity index (χ3v) is 8.51. The van der Waals surface area contributed by atoms with Gasteiger partial charge in [0.25, 0.3) is 11.4 Å². The number of ether oxygens (including phenoxy) is 2. The van der Waals surface area contributed by atoms with E-state index >= 15 is 0 Å². The molecule has 226 valence electrons. The van der Waals surface area contributed by atoms with Crippen molar-refractivity contribution in [2.45, 2.75) is 40.8 Å². The Hall–Kier alpha value is -4.02. The molecule has 0 saturated heterocycles. The van der Waals surface area contributed by atoms with Crippen LogP contribution in [0.1, 0.15) is 38.8 Å². The zero-order valence-corrected chi connectivity index (χ0v) is 25.2. The van der Waals surface area contributed by atoms with Gasteiger partial charge in [-0.15, -0.1) is 0 Å². The Bertz CT molecular complexity index is 1170. The Labute approximate surface area is 248 Å². The van der Waals surface area contributed by atoms with Crippen molar-refractivity contribution in [2.75, 3.05) is 52.5 Å². The molecule has 10 heteroatoms. The number of nitro benzene ring substituents is 2. The summed E-state index contributed by atoms with van der Waals surface area (Å²) in [4.78, 5) is 21.2. The molecule has 3 rings (SSSR count). The number of quaternary nitrogens is 2. The van der Waals surface area contributed by atoms with Crippen LogP contribution in [0.25, 0.3) is 0 Å². The highest BCUT2D eigenvalue weighted by Crippen LogP contribution is 2.22. The number of benzene rings is 3. The molecular formula is C32H44N4O6+2. The zero-order chi connectivity index (χ0) is 30.6. The fourth-order valence-corrected chi connectivity index (χ4v) is 5.25. The topological polar surface area (TPSA) is 105 Å². The number of nitrogens with zero attached hydrogens (tertiary/aromatic N) is 4. The molecule has 0 spiro atoms. The first-order valence-electron chi connectivity index (χ1n) is 14.7. The average Bonchev–Trinajstić information content (AvgIpc) is 3.01. The van der Waals surface area contributed by atoms with Crippen molar-refractivity contribution >= 4 is 11.4 Å². The maximum absolute atomic E-state index is 11.0. The molecule has 3 aromatic carbocycles. The van der Waals surface area contributed by atoms with Gasteiger partial charge in [-0.05, 0) is 76.2 Å². The molecule has 0 saturated carbocycles. The number of non-ortho nitro benzene ring substituents is 2. The van der Waals surface area contributed by atoms with Crippen LogP contribution in [0.2, 0.25) is 0 Å². The lowest BCUT2D eigenvalue weighted by Crippen LogP contribution is -2.49. The second-order valence-electron chi connectivity index (χ2n) is 10.7. The van der Waals surface area contributed by atoms with Crippen molar-refractivity contribution in [1.82, 2.24) is 0 Å². The van der Waals surface area contributed by atoms with Crippen molar-refractivity contribution in [3.8, 4) is 11.5 Å². The molecular weight excluding hydrogens is 536 g/mol. The minimum atomic E-state index is -0.372. The number of hydrogen-bond acceptors (Lipinski definition) is 6. The molecule has 0 fully saturated rings. The number of likely N-dealkylation sites (N-methyl/N-ethyl adjacent to an activating group) is 2. The number of hydrogen-bond donors (Lipinski definition) is 0. The van der Waals surface area contributed by atoms with Gasteiger partial charge in [-0.3, -0.25) is 20.2 Å². The van der Waals surface area contributed by atoms with E-state index in [4.69, 9.17) is 9.47 Å². The molecule has 0 bridgehead atoms. The summed E-state index contributed by atoms with van der Waals surface area (Å²) in [5.41, 5.74) is 2.37. The number of nitro groups is 2. The molecule has 0 N–H and O–H groups in total. The van der Waals surface area contributed by atoms with Crippen molar-refractivity contribution in [2.24, 2.45) is 0 Å².